The van der Waals surface area contributed by atoms with Crippen molar-refractivity contribution < 1.29 is 13.2 Å². The Morgan fingerprint density at radius 1 is 1.05 bits per heavy atom. The minimum atomic E-state index is -1.50. The monoisotopic (exact) mass is 317 g/mol. The Labute approximate surface area is 127 Å². The number of fused-ring (bicyclic) bond motifs is 1. The number of aromatic nitrogens is 2. The van der Waals surface area contributed by atoms with Crippen LogP contribution >= 0.6 is 11.8 Å². The molecule has 0 N–H and O–H groups in total. The molecule has 2 aromatic carbocycles. The third kappa shape index (κ3) is 2.49. The van der Waals surface area contributed by atoms with Gasteiger partial charge in [-0.15, -0.1) is 0 Å². The van der Waals surface area contributed by atoms with E-state index in [0.29, 0.717) is 16.1 Å². The molecule has 0 unspecified atom stereocenters. The van der Waals surface area contributed by atoms with Crippen molar-refractivity contribution in [3.63, 3.8) is 0 Å². The summed E-state index contributed by atoms with van der Waals surface area (Å²) in [4.78, 5) is 8.08. The van der Waals surface area contributed by atoms with Gasteiger partial charge in [-0.05, 0) is 18.2 Å². The van der Waals surface area contributed by atoms with Crippen LogP contribution in [0.3, 0.4) is 0 Å². The molecule has 1 heterocycles. The third-order valence-corrected chi connectivity index (χ3v) is 3.80. The fourth-order valence-electron chi connectivity index (χ4n) is 1.85. The van der Waals surface area contributed by atoms with Gasteiger partial charge in [-0.2, -0.15) is 5.26 Å². The van der Waals surface area contributed by atoms with Crippen LogP contribution in [-0.2, 0) is 0 Å². The number of hydrogen-bond acceptors (Lipinski definition) is 4. The Morgan fingerprint density at radius 2 is 1.77 bits per heavy atom. The highest BCUT2D eigenvalue weighted by molar-refractivity contribution is 7.99. The van der Waals surface area contributed by atoms with Crippen LogP contribution in [-0.4, -0.2) is 9.97 Å². The van der Waals surface area contributed by atoms with Crippen LogP contribution < -0.4 is 0 Å². The van der Waals surface area contributed by atoms with Crippen LogP contribution in [0.2, 0.25) is 0 Å². The quantitative estimate of drug-likeness (QED) is 0.669. The molecule has 0 spiro atoms. The summed E-state index contributed by atoms with van der Waals surface area (Å²) in [5.41, 5.74) is 0.304. The van der Waals surface area contributed by atoms with Crippen molar-refractivity contribution in [1.82, 2.24) is 9.97 Å². The van der Waals surface area contributed by atoms with Crippen LogP contribution in [0, 0.1) is 28.8 Å². The molecule has 0 fully saturated rings. The Morgan fingerprint density at radius 3 is 2.50 bits per heavy atom. The van der Waals surface area contributed by atoms with E-state index < -0.39 is 23.0 Å². The number of hydrogen-bond donors (Lipinski definition) is 0. The first-order valence-corrected chi connectivity index (χ1v) is 6.89. The third-order valence-electron chi connectivity index (χ3n) is 2.88. The molecule has 3 nitrogen and oxygen atoms in total. The molecule has 0 amide bonds. The van der Waals surface area contributed by atoms with Crippen LogP contribution in [0.1, 0.15) is 5.56 Å². The van der Waals surface area contributed by atoms with Crippen molar-refractivity contribution in [2.45, 2.75) is 9.92 Å². The van der Waals surface area contributed by atoms with Crippen LogP contribution in [0.5, 0.6) is 0 Å². The summed E-state index contributed by atoms with van der Waals surface area (Å²) in [6.45, 7) is 0. The van der Waals surface area contributed by atoms with Crippen LogP contribution in [0.25, 0.3) is 11.0 Å². The van der Waals surface area contributed by atoms with Crippen molar-refractivity contribution in [3.05, 3.63) is 59.5 Å². The van der Waals surface area contributed by atoms with Gasteiger partial charge in [0.1, 0.15) is 22.5 Å². The molecule has 0 saturated heterocycles. The maximum atomic E-state index is 13.9. The van der Waals surface area contributed by atoms with Gasteiger partial charge in [-0.3, -0.25) is 4.98 Å². The van der Waals surface area contributed by atoms with Crippen LogP contribution in [0.15, 0.2) is 46.5 Å². The van der Waals surface area contributed by atoms with Crippen molar-refractivity contribution in [3.8, 4) is 6.07 Å². The molecule has 7 heteroatoms. The summed E-state index contributed by atoms with van der Waals surface area (Å²) in [6.07, 6.45) is 1.39. The summed E-state index contributed by atoms with van der Waals surface area (Å²) in [7, 11) is 0. The number of rotatable bonds is 2. The first-order chi connectivity index (χ1) is 10.6. The molecule has 0 saturated carbocycles. The Bertz CT molecular complexity index is 922. The molecule has 0 radical (unpaired) electrons. The van der Waals surface area contributed by atoms with Gasteiger partial charge in [0, 0.05) is 0 Å². The van der Waals surface area contributed by atoms with E-state index in [1.807, 2.05) is 0 Å². The van der Waals surface area contributed by atoms with Crippen LogP contribution in [0.4, 0.5) is 13.2 Å². The molecule has 0 bridgehead atoms. The van der Waals surface area contributed by atoms with E-state index in [1.165, 1.54) is 12.3 Å². The van der Waals surface area contributed by atoms with Crippen molar-refractivity contribution >= 4 is 22.8 Å². The SMILES string of the molecule is N#Cc1c(F)cc(Sc2cnc3ccccc3n2)c(F)c1F. The summed E-state index contributed by atoms with van der Waals surface area (Å²) in [6, 6.07) is 9.13. The largest absolute Gasteiger partial charge is 0.252 e. The van der Waals surface area contributed by atoms with Gasteiger partial charge in [0.2, 0.25) is 0 Å². The predicted molar refractivity (Wildman–Crippen MR) is 74.7 cm³/mol. The molecule has 3 rings (SSSR count). The molecule has 0 aliphatic heterocycles. The van der Waals surface area contributed by atoms with Gasteiger partial charge in [0.05, 0.1) is 22.1 Å². The predicted octanol–water partition coefficient (Wildman–Crippen LogP) is 4.07. The van der Waals surface area contributed by atoms with Gasteiger partial charge >= 0.3 is 0 Å². The lowest BCUT2D eigenvalue weighted by Crippen LogP contribution is -1.98. The number of para-hydroxylation sites is 2. The van der Waals surface area contributed by atoms with Crippen molar-refractivity contribution in [2.75, 3.05) is 0 Å². The second kappa shape index (κ2) is 5.66. The number of nitrogens with zero attached hydrogens (tertiary/aromatic N) is 3. The first kappa shape index (κ1) is 14.4. The molecular weight excluding hydrogens is 311 g/mol. The molecule has 22 heavy (non-hydrogen) atoms. The topological polar surface area (TPSA) is 49.6 Å². The smallest absolute Gasteiger partial charge is 0.180 e. The van der Waals surface area contributed by atoms with E-state index in [0.717, 1.165) is 17.8 Å². The summed E-state index contributed by atoms with van der Waals surface area (Å²) >= 11 is 0.739. The van der Waals surface area contributed by atoms with Gasteiger partial charge in [-0.25, -0.2) is 18.2 Å². The highest BCUT2D eigenvalue weighted by Gasteiger charge is 2.19. The number of halogens is 3. The highest BCUT2D eigenvalue weighted by atomic mass is 32.2. The lowest BCUT2D eigenvalue weighted by Gasteiger charge is -2.06. The lowest BCUT2D eigenvalue weighted by molar-refractivity contribution is 0.473. The molecular formula is C15H6F3N3S. The van der Waals surface area contributed by atoms with Gasteiger partial charge in [-0.1, -0.05) is 23.9 Å². The second-order valence-electron chi connectivity index (χ2n) is 4.27. The van der Waals surface area contributed by atoms with Gasteiger partial charge < -0.3 is 0 Å². The fourth-order valence-corrected chi connectivity index (χ4v) is 2.67. The molecule has 108 valence electrons. The van der Waals surface area contributed by atoms with Gasteiger partial charge in [0.15, 0.2) is 11.6 Å². The van der Waals surface area contributed by atoms with E-state index in [-0.39, 0.29) is 4.90 Å². The summed E-state index contributed by atoms with van der Waals surface area (Å²) < 4.78 is 41.0. The lowest BCUT2D eigenvalue weighted by atomic mass is 10.2. The minimum absolute atomic E-state index is 0.293. The zero-order valence-electron chi connectivity index (χ0n) is 10.8. The molecule has 0 aliphatic rings. The average Bonchev–Trinajstić information content (AvgIpc) is 2.53. The van der Waals surface area contributed by atoms with E-state index in [1.54, 1.807) is 24.3 Å². The minimum Gasteiger partial charge on any atom is -0.252 e. The highest BCUT2D eigenvalue weighted by Crippen LogP contribution is 2.32. The Kier molecular flexibility index (Phi) is 3.69. The maximum Gasteiger partial charge on any atom is 0.180 e. The number of benzene rings is 2. The van der Waals surface area contributed by atoms with Crippen molar-refractivity contribution in [1.29, 1.82) is 5.26 Å². The molecule has 0 atom stereocenters. The molecule has 3 aromatic rings. The molecule has 1 aromatic heterocycles. The van der Waals surface area contributed by atoms with E-state index in [9.17, 15) is 13.2 Å². The molecule has 0 aliphatic carbocycles. The van der Waals surface area contributed by atoms with E-state index in [4.69, 9.17) is 5.26 Å². The first-order valence-electron chi connectivity index (χ1n) is 6.07. The van der Waals surface area contributed by atoms with E-state index in [2.05, 4.69) is 9.97 Å². The summed E-state index contributed by atoms with van der Waals surface area (Å²) in [5.74, 6) is -3.89. The standard InChI is InChI=1S/C15H6F3N3S/c16-9-5-12(15(18)14(17)8(9)6-19)22-13-7-20-10-3-1-2-4-11(10)21-13/h1-5,7H. The number of nitriles is 1. The normalized spacial score (nSPS) is 10.6. The maximum absolute atomic E-state index is 13.9. The van der Waals surface area contributed by atoms with Gasteiger partial charge in [0.25, 0.3) is 0 Å². The summed E-state index contributed by atoms with van der Waals surface area (Å²) in [5, 5.41) is 8.89. The zero-order valence-corrected chi connectivity index (χ0v) is 11.7. The second-order valence-corrected chi connectivity index (χ2v) is 5.33. The zero-order chi connectivity index (χ0) is 15.7. The van der Waals surface area contributed by atoms with E-state index >= 15 is 0 Å². The Hall–Kier alpha value is -2.59. The average molecular weight is 317 g/mol. The fraction of sp³-hybridized carbons (Fsp3) is 0. The van der Waals surface area contributed by atoms with Crippen molar-refractivity contribution in [2.24, 2.45) is 0 Å². The Balaban J connectivity index is 2.03.